The first kappa shape index (κ1) is 32.7. The monoisotopic (exact) mass is 704 g/mol. The highest BCUT2D eigenvalue weighted by molar-refractivity contribution is 7.07. The van der Waals surface area contributed by atoms with E-state index < -0.39 is 5.79 Å². The van der Waals surface area contributed by atoms with E-state index in [1.807, 2.05) is 29.0 Å². The van der Waals surface area contributed by atoms with Crippen molar-refractivity contribution in [3.05, 3.63) is 117 Å². The number of benzene rings is 3. The fraction of sp³-hybridized carbons (Fsp3) is 0.333. The highest BCUT2D eigenvalue weighted by Crippen LogP contribution is 2.40. The lowest BCUT2D eigenvalue weighted by Gasteiger charge is -2.37. The molecule has 9 nitrogen and oxygen atoms in total. The van der Waals surface area contributed by atoms with Crippen LogP contribution >= 0.6 is 34.5 Å². The Bertz CT molecular complexity index is 1870. The molecule has 7 rings (SSSR count). The molecule has 0 aliphatic carbocycles. The van der Waals surface area contributed by atoms with Gasteiger partial charge in [0.1, 0.15) is 18.5 Å². The molecule has 3 aromatic carbocycles. The zero-order valence-corrected chi connectivity index (χ0v) is 29.2. The number of ether oxygens (including phenoxy) is 3. The van der Waals surface area contributed by atoms with Crippen molar-refractivity contribution in [2.45, 2.75) is 38.3 Å². The van der Waals surface area contributed by atoms with Gasteiger partial charge < -0.3 is 33.1 Å². The SMILES string of the molecule is CC(C)n1ccsc1=Nc1ccc(N2CCN(c3ccc(OCC4COC(Cn5ccnc5)(c5ccc(Cl)cc5Cl)O4)cc3)CC2)cc1. The molecule has 0 saturated carbocycles. The van der Waals surface area contributed by atoms with E-state index in [9.17, 15) is 0 Å². The Balaban J connectivity index is 0.925. The number of halogens is 2. The van der Waals surface area contributed by atoms with E-state index in [-0.39, 0.29) is 6.10 Å². The van der Waals surface area contributed by atoms with Crippen LogP contribution in [0.15, 0.2) is 102 Å². The van der Waals surface area contributed by atoms with E-state index in [1.54, 1.807) is 36.0 Å². The summed E-state index contributed by atoms with van der Waals surface area (Å²) in [5.74, 6) is -0.301. The Hall–Kier alpha value is -3.80. The second-order valence-electron chi connectivity index (χ2n) is 12.3. The summed E-state index contributed by atoms with van der Waals surface area (Å²) in [6, 6.07) is 22.6. The van der Waals surface area contributed by atoms with Crippen molar-refractivity contribution in [2.75, 3.05) is 49.2 Å². The molecule has 12 heteroatoms. The second kappa shape index (κ2) is 14.4. The molecule has 0 bridgehead atoms. The summed E-state index contributed by atoms with van der Waals surface area (Å²) >= 11 is 14.4. The van der Waals surface area contributed by atoms with Gasteiger partial charge in [-0.2, -0.15) is 0 Å². The van der Waals surface area contributed by atoms with Crippen LogP contribution in [-0.4, -0.2) is 59.6 Å². The molecule has 2 saturated heterocycles. The maximum Gasteiger partial charge on any atom is 0.215 e. The topological polar surface area (TPSA) is 69.3 Å². The molecule has 0 N–H and O–H groups in total. The van der Waals surface area contributed by atoms with Gasteiger partial charge in [-0.25, -0.2) is 9.98 Å². The molecule has 250 valence electrons. The first-order chi connectivity index (χ1) is 23.3. The summed E-state index contributed by atoms with van der Waals surface area (Å²) in [6.07, 6.45) is 7.12. The number of piperazine rings is 1. The first-order valence-electron chi connectivity index (χ1n) is 16.1. The van der Waals surface area contributed by atoms with Crippen LogP contribution in [0.3, 0.4) is 0 Å². The molecule has 2 unspecified atom stereocenters. The number of aromatic nitrogens is 3. The van der Waals surface area contributed by atoms with Gasteiger partial charge in [-0.1, -0.05) is 29.3 Å². The van der Waals surface area contributed by atoms with Crippen LogP contribution in [0.2, 0.25) is 10.0 Å². The number of hydrogen-bond acceptors (Lipinski definition) is 8. The predicted molar refractivity (Wildman–Crippen MR) is 192 cm³/mol. The van der Waals surface area contributed by atoms with E-state index in [2.05, 4.69) is 81.2 Å². The zero-order valence-electron chi connectivity index (χ0n) is 26.9. The summed E-state index contributed by atoms with van der Waals surface area (Å²) in [5, 5.41) is 3.12. The molecule has 0 radical (unpaired) electrons. The predicted octanol–water partition coefficient (Wildman–Crippen LogP) is 7.54. The van der Waals surface area contributed by atoms with Crippen LogP contribution in [0.5, 0.6) is 5.75 Å². The van der Waals surface area contributed by atoms with Gasteiger partial charge in [0, 0.05) is 78.2 Å². The van der Waals surface area contributed by atoms with E-state index in [0.29, 0.717) is 35.8 Å². The Morgan fingerprint density at radius 1 is 0.958 bits per heavy atom. The minimum Gasteiger partial charge on any atom is -0.491 e. The number of hydrogen-bond donors (Lipinski definition) is 0. The number of rotatable bonds is 10. The summed E-state index contributed by atoms with van der Waals surface area (Å²) in [7, 11) is 0. The van der Waals surface area contributed by atoms with Crippen molar-refractivity contribution >= 4 is 51.6 Å². The third kappa shape index (κ3) is 7.28. The number of imidazole rings is 1. The fourth-order valence-electron chi connectivity index (χ4n) is 6.15. The van der Waals surface area contributed by atoms with Crippen LogP contribution in [0.4, 0.5) is 17.1 Å². The smallest absolute Gasteiger partial charge is 0.215 e. The molecule has 2 fully saturated rings. The van der Waals surface area contributed by atoms with Crippen LogP contribution in [0.1, 0.15) is 25.5 Å². The van der Waals surface area contributed by atoms with Crippen LogP contribution in [-0.2, 0) is 21.8 Å². The van der Waals surface area contributed by atoms with Crippen LogP contribution < -0.4 is 19.3 Å². The standard InChI is InChI=1S/C36H38Cl2N6O3S/c1-26(2)44-19-20-48-35(44)40-28-4-6-29(7-5-28)42-15-17-43(18-16-42)30-8-10-31(11-9-30)45-22-32-23-46-36(47-32,24-41-14-13-39-25-41)33-12-3-27(37)21-34(33)38/h3-14,19-21,25-26,32H,15-18,22-24H2,1-2H3. The summed E-state index contributed by atoms with van der Waals surface area (Å²) in [6.45, 7) is 9.22. The maximum absolute atomic E-state index is 6.61. The lowest BCUT2D eigenvalue weighted by Crippen LogP contribution is -2.46. The van der Waals surface area contributed by atoms with E-state index in [0.717, 1.165) is 48.0 Å². The molecular formula is C36H38Cl2N6O3S. The van der Waals surface area contributed by atoms with Gasteiger partial charge in [0.15, 0.2) is 4.80 Å². The third-order valence-electron chi connectivity index (χ3n) is 8.68. The average Bonchev–Trinajstić information content (AvgIpc) is 3.87. The Morgan fingerprint density at radius 3 is 2.31 bits per heavy atom. The largest absolute Gasteiger partial charge is 0.491 e. The number of anilines is 2. The Morgan fingerprint density at radius 2 is 1.67 bits per heavy atom. The van der Waals surface area contributed by atoms with Gasteiger partial charge in [0.25, 0.3) is 0 Å². The van der Waals surface area contributed by atoms with Crippen LogP contribution in [0, 0.1) is 0 Å². The van der Waals surface area contributed by atoms with Crippen molar-refractivity contribution in [1.82, 2.24) is 14.1 Å². The lowest BCUT2D eigenvalue weighted by molar-refractivity contribution is -0.189. The maximum atomic E-state index is 6.61. The number of thiazole rings is 1. The highest BCUT2D eigenvalue weighted by atomic mass is 35.5. The van der Waals surface area contributed by atoms with Crippen molar-refractivity contribution in [3.8, 4) is 5.75 Å². The van der Waals surface area contributed by atoms with E-state index >= 15 is 0 Å². The molecule has 2 aliphatic heterocycles. The summed E-state index contributed by atoms with van der Waals surface area (Å²) in [4.78, 5) is 14.9. The Labute approximate surface area is 294 Å². The number of nitrogens with zero attached hydrogens (tertiary/aromatic N) is 6. The lowest BCUT2D eigenvalue weighted by atomic mass is 10.1. The van der Waals surface area contributed by atoms with E-state index in [4.69, 9.17) is 42.4 Å². The van der Waals surface area contributed by atoms with Crippen molar-refractivity contribution < 1.29 is 14.2 Å². The quantitative estimate of drug-likeness (QED) is 0.150. The minimum absolute atomic E-state index is 0.289. The minimum atomic E-state index is -1.08. The summed E-state index contributed by atoms with van der Waals surface area (Å²) < 4.78 is 23.1. The normalized spacial score (nSPS) is 20.2. The fourth-order valence-corrected chi connectivity index (χ4v) is 7.57. The van der Waals surface area contributed by atoms with Gasteiger partial charge >= 0.3 is 0 Å². The molecule has 0 spiro atoms. The third-order valence-corrected chi connectivity index (χ3v) is 10.00. The van der Waals surface area contributed by atoms with Gasteiger partial charge in [0.05, 0.1) is 30.2 Å². The molecular weight excluding hydrogens is 667 g/mol. The van der Waals surface area contributed by atoms with Crippen molar-refractivity contribution in [3.63, 3.8) is 0 Å². The molecule has 5 aromatic rings. The van der Waals surface area contributed by atoms with E-state index in [1.165, 1.54) is 11.4 Å². The van der Waals surface area contributed by atoms with Gasteiger partial charge in [-0.05, 0) is 74.5 Å². The summed E-state index contributed by atoms with van der Waals surface area (Å²) in [5.41, 5.74) is 4.10. The van der Waals surface area contributed by atoms with Gasteiger partial charge in [-0.15, -0.1) is 11.3 Å². The second-order valence-corrected chi connectivity index (χ2v) is 14.0. The van der Waals surface area contributed by atoms with Crippen LogP contribution in [0.25, 0.3) is 0 Å². The van der Waals surface area contributed by atoms with Gasteiger partial charge in [0.2, 0.25) is 5.79 Å². The zero-order chi connectivity index (χ0) is 33.1. The molecule has 48 heavy (non-hydrogen) atoms. The average molecular weight is 706 g/mol. The molecule has 2 atom stereocenters. The molecule has 0 amide bonds. The Kier molecular flexibility index (Phi) is 9.79. The highest BCUT2D eigenvalue weighted by Gasteiger charge is 2.45. The van der Waals surface area contributed by atoms with Crippen molar-refractivity contribution in [2.24, 2.45) is 4.99 Å². The molecule has 4 heterocycles. The molecule has 2 aromatic heterocycles. The van der Waals surface area contributed by atoms with Gasteiger partial charge in [-0.3, -0.25) is 0 Å². The molecule has 2 aliphatic rings. The first-order valence-corrected chi connectivity index (χ1v) is 17.7. The van der Waals surface area contributed by atoms with Crippen molar-refractivity contribution in [1.29, 1.82) is 0 Å².